The summed E-state index contributed by atoms with van der Waals surface area (Å²) in [6.07, 6.45) is 1.58. The predicted octanol–water partition coefficient (Wildman–Crippen LogP) is 0.00680. The molecular formula is C10H11N5O2. The van der Waals surface area contributed by atoms with Crippen LogP contribution in [-0.4, -0.2) is 21.0 Å². The van der Waals surface area contributed by atoms with Gasteiger partial charge in [-0.25, -0.2) is 0 Å². The monoisotopic (exact) mass is 233 g/mol. The second-order valence-electron chi connectivity index (χ2n) is 3.45. The molecule has 1 atom stereocenters. The van der Waals surface area contributed by atoms with Gasteiger partial charge in [-0.1, -0.05) is 11.2 Å². The number of rotatable bonds is 4. The third-order valence-corrected chi connectivity index (χ3v) is 2.07. The molecule has 0 aromatic carbocycles. The van der Waals surface area contributed by atoms with E-state index in [2.05, 4.69) is 15.1 Å². The summed E-state index contributed by atoms with van der Waals surface area (Å²) in [5.74, 6) is -0.0138. The van der Waals surface area contributed by atoms with Crippen LogP contribution in [0.5, 0.6) is 0 Å². The summed E-state index contributed by atoms with van der Waals surface area (Å²) in [5.41, 5.74) is 11.3. The number of carbonyl (C=O) groups excluding carboxylic acids is 1. The smallest absolute Gasteiger partial charge is 0.244 e. The van der Waals surface area contributed by atoms with E-state index < -0.39 is 11.9 Å². The number of hydrogen-bond acceptors (Lipinski definition) is 6. The van der Waals surface area contributed by atoms with Gasteiger partial charge in [-0.05, 0) is 12.1 Å². The average Bonchev–Trinajstić information content (AvgIpc) is 2.78. The Morgan fingerprint density at radius 2 is 2.29 bits per heavy atom. The molecule has 2 rings (SSSR count). The number of aromatic nitrogens is 3. The minimum atomic E-state index is -0.683. The molecule has 88 valence electrons. The van der Waals surface area contributed by atoms with E-state index in [4.69, 9.17) is 16.0 Å². The van der Waals surface area contributed by atoms with E-state index in [-0.39, 0.29) is 12.3 Å². The molecule has 7 nitrogen and oxygen atoms in total. The van der Waals surface area contributed by atoms with Gasteiger partial charge in [0.25, 0.3) is 0 Å². The minimum Gasteiger partial charge on any atom is -0.370 e. The first-order valence-corrected chi connectivity index (χ1v) is 4.95. The summed E-state index contributed by atoms with van der Waals surface area (Å²) in [7, 11) is 0. The van der Waals surface area contributed by atoms with Crippen LogP contribution in [0.4, 0.5) is 0 Å². The molecule has 0 spiro atoms. The van der Waals surface area contributed by atoms with Crippen molar-refractivity contribution in [3.63, 3.8) is 0 Å². The standard InChI is InChI=1S/C10H11N5O2/c11-6(5-8(12)16)10-14-9(15-17-10)7-3-1-2-4-13-7/h1-4,6H,5,11H2,(H2,12,16)/t6-/m0/s1. The molecule has 0 unspecified atom stereocenters. The van der Waals surface area contributed by atoms with Gasteiger partial charge in [0, 0.05) is 6.20 Å². The van der Waals surface area contributed by atoms with Gasteiger partial charge in [-0.2, -0.15) is 4.98 Å². The van der Waals surface area contributed by atoms with Gasteiger partial charge in [0.1, 0.15) is 5.69 Å². The fraction of sp³-hybridized carbons (Fsp3) is 0.200. The Labute approximate surface area is 96.8 Å². The first-order chi connectivity index (χ1) is 8.16. The van der Waals surface area contributed by atoms with Crippen molar-refractivity contribution in [2.24, 2.45) is 11.5 Å². The fourth-order valence-electron chi connectivity index (χ4n) is 1.29. The number of pyridine rings is 1. The van der Waals surface area contributed by atoms with Crippen LogP contribution < -0.4 is 11.5 Å². The summed E-state index contributed by atoms with van der Waals surface area (Å²) >= 11 is 0. The Kier molecular flexibility index (Phi) is 3.10. The van der Waals surface area contributed by atoms with Crippen molar-refractivity contribution in [2.75, 3.05) is 0 Å². The normalized spacial score (nSPS) is 12.3. The number of nitrogens with two attached hydrogens (primary N) is 2. The summed E-state index contributed by atoms with van der Waals surface area (Å²) in [5, 5.41) is 3.73. The molecule has 0 saturated carbocycles. The van der Waals surface area contributed by atoms with E-state index in [9.17, 15) is 4.79 Å². The van der Waals surface area contributed by atoms with Gasteiger partial charge in [0.15, 0.2) is 0 Å². The summed E-state index contributed by atoms with van der Waals surface area (Å²) in [6, 6.07) is 4.65. The maximum Gasteiger partial charge on any atom is 0.244 e. The molecule has 0 aliphatic carbocycles. The summed E-state index contributed by atoms with van der Waals surface area (Å²) < 4.78 is 4.95. The van der Waals surface area contributed by atoms with E-state index in [1.54, 1.807) is 18.3 Å². The van der Waals surface area contributed by atoms with E-state index in [0.29, 0.717) is 11.5 Å². The molecule has 4 N–H and O–H groups in total. The third-order valence-electron chi connectivity index (χ3n) is 2.07. The van der Waals surface area contributed by atoms with Crippen LogP contribution >= 0.6 is 0 Å². The minimum absolute atomic E-state index is 0.0378. The van der Waals surface area contributed by atoms with Crippen molar-refractivity contribution in [2.45, 2.75) is 12.5 Å². The van der Waals surface area contributed by atoms with Gasteiger partial charge in [0.2, 0.25) is 17.6 Å². The highest BCUT2D eigenvalue weighted by molar-refractivity contribution is 5.74. The number of amides is 1. The molecular weight excluding hydrogens is 222 g/mol. The second-order valence-corrected chi connectivity index (χ2v) is 3.45. The Hall–Kier alpha value is -2.28. The molecule has 2 aromatic heterocycles. The third kappa shape index (κ3) is 2.64. The molecule has 0 fully saturated rings. The Morgan fingerprint density at radius 1 is 1.47 bits per heavy atom. The Balaban J connectivity index is 2.19. The quantitative estimate of drug-likeness (QED) is 0.767. The van der Waals surface area contributed by atoms with E-state index in [1.807, 2.05) is 6.07 Å². The molecule has 17 heavy (non-hydrogen) atoms. The lowest BCUT2D eigenvalue weighted by atomic mass is 10.2. The van der Waals surface area contributed by atoms with Crippen LogP contribution in [-0.2, 0) is 4.79 Å². The van der Waals surface area contributed by atoms with Gasteiger partial charge in [-0.3, -0.25) is 9.78 Å². The zero-order chi connectivity index (χ0) is 12.3. The zero-order valence-corrected chi connectivity index (χ0v) is 8.91. The summed E-state index contributed by atoms with van der Waals surface area (Å²) in [6.45, 7) is 0. The molecule has 0 aliphatic heterocycles. The first-order valence-electron chi connectivity index (χ1n) is 4.95. The number of hydrogen-bond donors (Lipinski definition) is 2. The molecule has 2 heterocycles. The van der Waals surface area contributed by atoms with Crippen molar-refractivity contribution in [1.29, 1.82) is 0 Å². The lowest BCUT2D eigenvalue weighted by molar-refractivity contribution is -0.118. The molecule has 2 aromatic rings. The SMILES string of the molecule is NC(=O)C[C@H](N)c1nc(-c2ccccn2)no1. The van der Waals surface area contributed by atoms with E-state index in [1.165, 1.54) is 0 Å². The molecule has 0 bridgehead atoms. The van der Waals surface area contributed by atoms with Crippen LogP contribution in [0.1, 0.15) is 18.4 Å². The molecule has 0 saturated heterocycles. The van der Waals surface area contributed by atoms with Crippen molar-refractivity contribution < 1.29 is 9.32 Å². The largest absolute Gasteiger partial charge is 0.370 e. The van der Waals surface area contributed by atoms with Gasteiger partial charge in [-0.15, -0.1) is 0 Å². The van der Waals surface area contributed by atoms with Crippen LogP contribution in [0.2, 0.25) is 0 Å². The van der Waals surface area contributed by atoms with Crippen LogP contribution in [0.25, 0.3) is 11.5 Å². The van der Waals surface area contributed by atoms with Crippen molar-refractivity contribution in [1.82, 2.24) is 15.1 Å². The van der Waals surface area contributed by atoms with Gasteiger partial charge >= 0.3 is 0 Å². The summed E-state index contributed by atoms with van der Waals surface area (Å²) in [4.78, 5) is 18.8. The number of carbonyl (C=O) groups is 1. The van der Waals surface area contributed by atoms with Crippen molar-refractivity contribution >= 4 is 5.91 Å². The van der Waals surface area contributed by atoms with E-state index in [0.717, 1.165) is 0 Å². The predicted molar refractivity (Wildman–Crippen MR) is 58.3 cm³/mol. The van der Waals surface area contributed by atoms with E-state index >= 15 is 0 Å². The lowest BCUT2D eigenvalue weighted by Crippen LogP contribution is -2.20. The van der Waals surface area contributed by atoms with Crippen LogP contribution in [0.15, 0.2) is 28.9 Å². The Morgan fingerprint density at radius 3 is 2.94 bits per heavy atom. The highest BCUT2D eigenvalue weighted by atomic mass is 16.5. The molecule has 0 radical (unpaired) electrons. The van der Waals surface area contributed by atoms with Crippen LogP contribution in [0, 0.1) is 0 Å². The molecule has 1 amide bonds. The zero-order valence-electron chi connectivity index (χ0n) is 8.91. The maximum atomic E-state index is 10.7. The first kappa shape index (κ1) is 11.2. The van der Waals surface area contributed by atoms with Crippen molar-refractivity contribution in [3.05, 3.63) is 30.3 Å². The second kappa shape index (κ2) is 4.71. The lowest BCUT2D eigenvalue weighted by Gasteiger charge is -2.01. The number of nitrogens with zero attached hydrogens (tertiary/aromatic N) is 3. The van der Waals surface area contributed by atoms with Crippen LogP contribution in [0.3, 0.4) is 0 Å². The topological polar surface area (TPSA) is 121 Å². The van der Waals surface area contributed by atoms with Crippen molar-refractivity contribution in [3.8, 4) is 11.5 Å². The molecule has 0 aliphatic rings. The molecule has 7 heteroatoms. The highest BCUT2D eigenvalue weighted by Gasteiger charge is 2.17. The fourth-order valence-corrected chi connectivity index (χ4v) is 1.29. The number of primary amides is 1. The maximum absolute atomic E-state index is 10.7. The van der Waals surface area contributed by atoms with Gasteiger partial charge < -0.3 is 16.0 Å². The highest BCUT2D eigenvalue weighted by Crippen LogP contribution is 2.16. The van der Waals surface area contributed by atoms with Gasteiger partial charge in [0.05, 0.1) is 12.5 Å². The Bertz CT molecular complexity index is 510. The average molecular weight is 233 g/mol.